The molecule has 1 aromatic heterocycles. The standard InChI is InChI=1S/C21H22N2O3/c1-13-9-10-15(11-14(13)2)22-20-16-7-5-6-8-17(16)21(25)23(3)18(20)12-19(24)26-4/h5-11,22H,12H2,1-4H3. The van der Waals surface area contributed by atoms with E-state index in [1.807, 2.05) is 30.3 Å². The highest BCUT2D eigenvalue weighted by Gasteiger charge is 2.18. The maximum absolute atomic E-state index is 12.7. The predicted octanol–water partition coefficient (Wildman–Crippen LogP) is 3.61. The summed E-state index contributed by atoms with van der Waals surface area (Å²) < 4.78 is 6.34. The van der Waals surface area contributed by atoms with E-state index in [9.17, 15) is 9.59 Å². The molecule has 0 fully saturated rings. The van der Waals surface area contributed by atoms with Gasteiger partial charge in [-0.15, -0.1) is 0 Å². The number of fused-ring (bicyclic) bond motifs is 1. The summed E-state index contributed by atoms with van der Waals surface area (Å²) in [6.07, 6.45) is 0.0141. The van der Waals surface area contributed by atoms with Crippen molar-refractivity contribution in [3.63, 3.8) is 0 Å². The number of carbonyl (C=O) groups is 1. The second-order valence-electron chi connectivity index (χ2n) is 6.41. The first kappa shape index (κ1) is 17.7. The Labute approximate surface area is 152 Å². The van der Waals surface area contributed by atoms with Crippen LogP contribution in [0.15, 0.2) is 47.3 Å². The number of methoxy groups -OCH3 is 1. The summed E-state index contributed by atoms with van der Waals surface area (Å²) in [4.78, 5) is 24.6. The van der Waals surface area contributed by atoms with E-state index in [2.05, 4.69) is 25.2 Å². The van der Waals surface area contributed by atoms with Crippen LogP contribution in [0.3, 0.4) is 0 Å². The van der Waals surface area contributed by atoms with Crippen molar-refractivity contribution in [1.82, 2.24) is 4.57 Å². The number of rotatable bonds is 4. The molecule has 5 heteroatoms. The van der Waals surface area contributed by atoms with E-state index >= 15 is 0 Å². The van der Waals surface area contributed by atoms with E-state index < -0.39 is 5.97 Å². The summed E-state index contributed by atoms with van der Waals surface area (Å²) in [6.45, 7) is 4.11. The maximum Gasteiger partial charge on any atom is 0.311 e. The molecule has 1 heterocycles. The number of carbonyl (C=O) groups excluding carboxylic acids is 1. The molecule has 0 amide bonds. The Morgan fingerprint density at radius 2 is 1.77 bits per heavy atom. The Morgan fingerprint density at radius 3 is 2.42 bits per heavy atom. The van der Waals surface area contributed by atoms with E-state index in [-0.39, 0.29) is 12.0 Å². The van der Waals surface area contributed by atoms with Gasteiger partial charge in [0.05, 0.1) is 24.9 Å². The zero-order chi connectivity index (χ0) is 18.8. The van der Waals surface area contributed by atoms with Crippen LogP contribution >= 0.6 is 0 Å². The minimum atomic E-state index is -0.390. The van der Waals surface area contributed by atoms with Crippen molar-refractivity contribution in [2.75, 3.05) is 12.4 Å². The molecule has 0 saturated heterocycles. The fourth-order valence-corrected chi connectivity index (χ4v) is 3.03. The molecule has 0 spiro atoms. The van der Waals surface area contributed by atoms with Crippen molar-refractivity contribution in [3.8, 4) is 0 Å². The van der Waals surface area contributed by atoms with Crippen LogP contribution in [0.4, 0.5) is 11.4 Å². The molecule has 0 unspecified atom stereocenters. The zero-order valence-corrected chi connectivity index (χ0v) is 15.4. The summed E-state index contributed by atoms with van der Waals surface area (Å²) in [5, 5.41) is 4.80. The molecule has 3 rings (SSSR count). The Kier molecular flexibility index (Phi) is 4.80. The van der Waals surface area contributed by atoms with E-state index in [4.69, 9.17) is 4.74 Å². The van der Waals surface area contributed by atoms with E-state index in [1.165, 1.54) is 22.8 Å². The lowest BCUT2D eigenvalue weighted by atomic mass is 10.1. The highest BCUT2D eigenvalue weighted by molar-refractivity contribution is 5.97. The normalized spacial score (nSPS) is 10.8. The van der Waals surface area contributed by atoms with Crippen LogP contribution in [0.2, 0.25) is 0 Å². The van der Waals surface area contributed by atoms with Crippen LogP contribution < -0.4 is 10.9 Å². The largest absolute Gasteiger partial charge is 0.469 e. The van der Waals surface area contributed by atoms with Gasteiger partial charge in [-0.25, -0.2) is 0 Å². The molecule has 1 N–H and O–H groups in total. The summed E-state index contributed by atoms with van der Waals surface area (Å²) >= 11 is 0. The number of nitrogens with zero attached hydrogens (tertiary/aromatic N) is 1. The third-order valence-electron chi connectivity index (χ3n) is 4.74. The average Bonchev–Trinajstić information content (AvgIpc) is 2.65. The van der Waals surface area contributed by atoms with Gasteiger partial charge in [-0.3, -0.25) is 9.59 Å². The topological polar surface area (TPSA) is 60.3 Å². The van der Waals surface area contributed by atoms with Gasteiger partial charge in [0, 0.05) is 23.5 Å². The number of aryl methyl sites for hydroxylation is 2. The molecule has 0 saturated carbocycles. The SMILES string of the molecule is COC(=O)Cc1c(Nc2ccc(C)c(C)c2)c2ccccc2c(=O)n1C. The first-order valence-corrected chi connectivity index (χ1v) is 8.44. The predicted molar refractivity (Wildman–Crippen MR) is 104 cm³/mol. The number of anilines is 2. The van der Waals surface area contributed by atoms with Gasteiger partial charge in [0.15, 0.2) is 0 Å². The molecular weight excluding hydrogens is 328 g/mol. The molecule has 0 radical (unpaired) electrons. The number of hydrogen-bond donors (Lipinski definition) is 1. The minimum Gasteiger partial charge on any atom is -0.469 e. The highest BCUT2D eigenvalue weighted by atomic mass is 16.5. The molecule has 0 aliphatic heterocycles. The van der Waals surface area contributed by atoms with Crippen LogP contribution in [-0.2, 0) is 23.0 Å². The van der Waals surface area contributed by atoms with E-state index in [0.717, 1.165) is 16.8 Å². The van der Waals surface area contributed by atoms with Gasteiger partial charge < -0.3 is 14.6 Å². The van der Waals surface area contributed by atoms with Gasteiger partial charge in [-0.05, 0) is 43.2 Å². The van der Waals surface area contributed by atoms with Crippen LogP contribution in [0.5, 0.6) is 0 Å². The number of esters is 1. The number of aromatic nitrogens is 1. The Bertz CT molecular complexity index is 1050. The summed E-state index contributed by atoms with van der Waals surface area (Å²) in [5.41, 5.74) is 4.48. The first-order chi connectivity index (χ1) is 12.4. The van der Waals surface area contributed by atoms with Crippen molar-refractivity contribution in [2.45, 2.75) is 20.3 Å². The second-order valence-corrected chi connectivity index (χ2v) is 6.41. The second kappa shape index (κ2) is 7.04. The highest BCUT2D eigenvalue weighted by Crippen LogP contribution is 2.29. The van der Waals surface area contributed by atoms with E-state index in [1.54, 1.807) is 13.1 Å². The lowest BCUT2D eigenvalue weighted by Gasteiger charge is -2.18. The molecule has 2 aromatic carbocycles. The number of ether oxygens (including phenoxy) is 1. The monoisotopic (exact) mass is 350 g/mol. The molecular formula is C21H22N2O3. The maximum atomic E-state index is 12.7. The van der Waals surface area contributed by atoms with Crippen LogP contribution in [0.1, 0.15) is 16.8 Å². The summed E-state index contributed by atoms with van der Waals surface area (Å²) in [6, 6.07) is 13.5. The van der Waals surface area contributed by atoms with Crippen LogP contribution in [-0.4, -0.2) is 17.6 Å². The summed E-state index contributed by atoms with van der Waals surface area (Å²) in [7, 11) is 3.02. The molecule has 134 valence electrons. The van der Waals surface area contributed by atoms with Gasteiger partial charge in [-0.1, -0.05) is 24.3 Å². The lowest BCUT2D eigenvalue weighted by molar-refractivity contribution is -0.139. The van der Waals surface area contributed by atoms with Crippen molar-refractivity contribution in [3.05, 3.63) is 69.6 Å². The third-order valence-corrected chi connectivity index (χ3v) is 4.74. The van der Waals surface area contributed by atoms with Gasteiger partial charge in [-0.2, -0.15) is 0 Å². The number of hydrogen-bond acceptors (Lipinski definition) is 4. The molecule has 0 aliphatic rings. The zero-order valence-electron chi connectivity index (χ0n) is 15.4. The fourth-order valence-electron chi connectivity index (χ4n) is 3.03. The van der Waals surface area contributed by atoms with E-state index in [0.29, 0.717) is 11.1 Å². The lowest BCUT2D eigenvalue weighted by Crippen LogP contribution is -2.24. The van der Waals surface area contributed by atoms with Crippen molar-refractivity contribution in [1.29, 1.82) is 0 Å². The smallest absolute Gasteiger partial charge is 0.311 e. The third kappa shape index (κ3) is 3.20. The summed E-state index contributed by atoms with van der Waals surface area (Å²) in [5.74, 6) is -0.390. The van der Waals surface area contributed by atoms with Crippen molar-refractivity contribution >= 4 is 28.1 Å². The van der Waals surface area contributed by atoms with Crippen molar-refractivity contribution in [2.24, 2.45) is 7.05 Å². The number of benzene rings is 2. The minimum absolute atomic E-state index is 0.0141. The van der Waals surface area contributed by atoms with Gasteiger partial charge in [0.1, 0.15) is 0 Å². The van der Waals surface area contributed by atoms with Gasteiger partial charge in [0.2, 0.25) is 0 Å². The molecule has 26 heavy (non-hydrogen) atoms. The number of pyridine rings is 1. The molecule has 0 aliphatic carbocycles. The molecule has 3 aromatic rings. The van der Waals surface area contributed by atoms with Gasteiger partial charge >= 0.3 is 5.97 Å². The Hall–Kier alpha value is -3.08. The number of nitrogens with one attached hydrogen (secondary N) is 1. The average molecular weight is 350 g/mol. The van der Waals surface area contributed by atoms with Crippen molar-refractivity contribution < 1.29 is 9.53 Å². The van der Waals surface area contributed by atoms with Crippen LogP contribution in [0, 0.1) is 13.8 Å². The van der Waals surface area contributed by atoms with Gasteiger partial charge in [0.25, 0.3) is 5.56 Å². The quantitative estimate of drug-likeness (QED) is 0.730. The fraction of sp³-hybridized carbons (Fsp3) is 0.238. The molecule has 5 nitrogen and oxygen atoms in total. The Morgan fingerprint density at radius 1 is 1.08 bits per heavy atom. The Balaban J connectivity index is 2.24. The molecule has 0 atom stereocenters. The molecule has 0 bridgehead atoms. The first-order valence-electron chi connectivity index (χ1n) is 8.44. The van der Waals surface area contributed by atoms with Crippen LogP contribution in [0.25, 0.3) is 10.8 Å².